The van der Waals surface area contributed by atoms with E-state index in [1.165, 1.54) is 0 Å². The van der Waals surface area contributed by atoms with Gasteiger partial charge < -0.3 is 32.4 Å². The van der Waals surface area contributed by atoms with E-state index in [-0.39, 0.29) is 12.4 Å². The first-order valence-corrected chi connectivity index (χ1v) is 9.03. The van der Waals surface area contributed by atoms with Crippen LogP contribution in [0.4, 0.5) is 0 Å². The van der Waals surface area contributed by atoms with Gasteiger partial charge in [0, 0.05) is 6.07 Å². The van der Waals surface area contributed by atoms with Crippen molar-refractivity contribution >= 4 is 5.91 Å². The molecule has 3 rings (SSSR count). The van der Waals surface area contributed by atoms with Crippen LogP contribution in [-0.4, -0.2) is 25.7 Å². The summed E-state index contributed by atoms with van der Waals surface area (Å²) >= 11 is 0. The second-order valence-electron chi connectivity index (χ2n) is 6.04. The summed E-state index contributed by atoms with van der Waals surface area (Å²) in [5.74, 6) is 1.87. The van der Waals surface area contributed by atoms with E-state index >= 15 is 0 Å². The number of ether oxygens (including phenoxy) is 3. The number of halogens is 1. The maximum Gasteiger partial charge on any atom is 0.254 e. The summed E-state index contributed by atoms with van der Waals surface area (Å²) in [5, 5.41) is 0. The summed E-state index contributed by atoms with van der Waals surface area (Å²) < 4.78 is 18.9. The minimum atomic E-state index is -0.441. The third kappa shape index (κ3) is 7.44. The number of hydrogen-bond acceptors (Lipinski definition) is 4. The Bertz CT molecular complexity index is 889. The van der Waals surface area contributed by atoms with Crippen LogP contribution in [-0.2, 0) is 11.3 Å². The van der Waals surface area contributed by atoms with Crippen LogP contribution in [0.1, 0.15) is 10.4 Å². The zero-order valence-electron chi connectivity index (χ0n) is 15.9. The van der Waals surface area contributed by atoms with Crippen LogP contribution in [0.2, 0.25) is 0 Å². The van der Waals surface area contributed by atoms with Crippen molar-refractivity contribution in [2.75, 3.05) is 19.8 Å². The van der Waals surface area contributed by atoms with Crippen molar-refractivity contribution in [3.05, 3.63) is 84.7 Å². The smallest absolute Gasteiger partial charge is 0.254 e. The van der Waals surface area contributed by atoms with Crippen LogP contribution < -0.4 is 32.2 Å². The van der Waals surface area contributed by atoms with E-state index in [2.05, 4.69) is 0 Å². The molecule has 2 N–H and O–H groups in total. The number of para-hydroxylation sites is 1. The molecule has 0 aliphatic carbocycles. The van der Waals surface area contributed by atoms with Gasteiger partial charge in [-0.2, -0.15) is 0 Å². The number of carbonyl (C=O) groups is 1. The Balaban J connectivity index is 0.00000300. The highest BCUT2D eigenvalue weighted by molar-refractivity contribution is 5.92. The molecule has 0 saturated carbocycles. The van der Waals surface area contributed by atoms with Crippen LogP contribution in [0.25, 0.3) is 0 Å². The standard InChI is InChI=1S/C22H22N2O4.ClH/c23-22(25)18-5-4-12-24(17-18)13-14-26-15-16-27-19-8-10-21(11-9-19)28-20-6-2-1-3-7-20;/h1-12,17H,13-16H2,(H-,23,25);1H. The molecule has 0 aliphatic heterocycles. The van der Waals surface area contributed by atoms with Gasteiger partial charge in [0.1, 0.15) is 36.0 Å². The van der Waals surface area contributed by atoms with E-state index in [1.807, 2.05) is 65.4 Å². The maximum absolute atomic E-state index is 11.2. The number of hydrogen-bond donors (Lipinski definition) is 1. The number of benzene rings is 2. The largest absolute Gasteiger partial charge is 1.00 e. The van der Waals surface area contributed by atoms with Crippen molar-refractivity contribution in [1.29, 1.82) is 0 Å². The number of carbonyl (C=O) groups excluding carboxylic acids is 1. The summed E-state index contributed by atoms with van der Waals surface area (Å²) in [6.45, 7) is 2.07. The normalized spacial score (nSPS) is 10.1. The minimum Gasteiger partial charge on any atom is -1.00 e. The highest BCUT2D eigenvalue weighted by Gasteiger charge is 2.06. The molecule has 6 nitrogen and oxygen atoms in total. The summed E-state index contributed by atoms with van der Waals surface area (Å²) in [6, 6.07) is 20.6. The second kappa shape index (κ2) is 11.7. The molecule has 0 atom stereocenters. The number of aromatic nitrogens is 1. The molecule has 2 aromatic carbocycles. The van der Waals surface area contributed by atoms with Crippen molar-refractivity contribution in [2.24, 2.45) is 5.73 Å². The van der Waals surface area contributed by atoms with E-state index in [9.17, 15) is 4.79 Å². The Labute approximate surface area is 176 Å². The number of primary amides is 1. The van der Waals surface area contributed by atoms with Crippen molar-refractivity contribution < 1.29 is 36.0 Å². The Morgan fingerprint density at radius 3 is 2.24 bits per heavy atom. The Morgan fingerprint density at radius 2 is 1.52 bits per heavy atom. The lowest BCUT2D eigenvalue weighted by Crippen LogP contribution is -3.00. The fourth-order valence-electron chi connectivity index (χ4n) is 2.53. The molecular formula is C22H23ClN2O4. The fourth-order valence-corrected chi connectivity index (χ4v) is 2.53. The Morgan fingerprint density at radius 1 is 0.828 bits per heavy atom. The average molecular weight is 415 g/mol. The van der Waals surface area contributed by atoms with Crippen molar-refractivity contribution in [3.8, 4) is 17.2 Å². The predicted molar refractivity (Wildman–Crippen MR) is 104 cm³/mol. The second-order valence-corrected chi connectivity index (χ2v) is 6.04. The molecule has 0 bridgehead atoms. The van der Waals surface area contributed by atoms with Crippen LogP contribution in [0.5, 0.6) is 17.2 Å². The predicted octanol–water partition coefficient (Wildman–Crippen LogP) is -0.0351. The first-order chi connectivity index (χ1) is 13.7. The van der Waals surface area contributed by atoms with Gasteiger partial charge in [-0.1, -0.05) is 18.2 Å². The molecule has 0 saturated heterocycles. The molecule has 7 heteroatoms. The van der Waals surface area contributed by atoms with Crippen LogP contribution in [0, 0.1) is 0 Å². The summed E-state index contributed by atoms with van der Waals surface area (Å²) in [7, 11) is 0. The number of amides is 1. The van der Waals surface area contributed by atoms with Crippen LogP contribution in [0.3, 0.4) is 0 Å². The fraction of sp³-hybridized carbons (Fsp3) is 0.182. The lowest BCUT2D eigenvalue weighted by Gasteiger charge is -2.08. The van der Waals surface area contributed by atoms with E-state index in [1.54, 1.807) is 18.3 Å². The third-order valence-electron chi connectivity index (χ3n) is 3.94. The molecule has 0 spiro atoms. The maximum atomic E-state index is 11.2. The summed E-state index contributed by atoms with van der Waals surface area (Å²) in [5.41, 5.74) is 5.75. The van der Waals surface area contributed by atoms with E-state index in [0.29, 0.717) is 31.9 Å². The number of pyridine rings is 1. The molecule has 1 amide bonds. The molecule has 1 heterocycles. The lowest BCUT2D eigenvalue weighted by molar-refractivity contribution is -0.698. The highest BCUT2D eigenvalue weighted by Crippen LogP contribution is 2.23. The van der Waals surface area contributed by atoms with Gasteiger partial charge in [0.05, 0.1) is 6.61 Å². The first kappa shape index (κ1) is 22.2. The van der Waals surface area contributed by atoms with Gasteiger partial charge in [-0.25, -0.2) is 4.57 Å². The molecule has 0 unspecified atom stereocenters. The SMILES string of the molecule is NC(=O)c1ccc[n+](CCOCCOc2ccc(Oc3ccccc3)cc2)c1.[Cl-]. The highest BCUT2D eigenvalue weighted by atomic mass is 35.5. The van der Waals surface area contributed by atoms with Gasteiger partial charge in [0.2, 0.25) is 0 Å². The Kier molecular flexibility index (Phi) is 8.95. The molecule has 3 aromatic rings. The van der Waals surface area contributed by atoms with Gasteiger partial charge in [0.25, 0.3) is 5.91 Å². The molecule has 1 aromatic heterocycles. The van der Waals surface area contributed by atoms with E-state index < -0.39 is 5.91 Å². The zero-order valence-corrected chi connectivity index (χ0v) is 16.6. The number of nitrogens with zero attached hydrogens (tertiary/aromatic N) is 1. The number of nitrogens with two attached hydrogens (primary N) is 1. The van der Waals surface area contributed by atoms with Gasteiger partial charge in [-0.05, 0) is 42.5 Å². The van der Waals surface area contributed by atoms with Gasteiger partial charge in [-0.15, -0.1) is 0 Å². The van der Waals surface area contributed by atoms with Crippen molar-refractivity contribution in [3.63, 3.8) is 0 Å². The molecular weight excluding hydrogens is 392 g/mol. The molecule has 0 aliphatic rings. The third-order valence-corrected chi connectivity index (χ3v) is 3.94. The first-order valence-electron chi connectivity index (χ1n) is 9.03. The topological polar surface area (TPSA) is 74.7 Å². The van der Waals surface area contributed by atoms with Gasteiger partial charge in [0.15, 0.2) is 18.9 Å². The minimum absolute atomic E-state index is 0. The van der Waals surface area contributed by atoms with E-state index in [4.69, 9.17) is 19.9 Å². The summed E-state index contributed by atoms with van der Waals surface area (Å²) in [6.07, 6.45) is 3.58. The van der Waals surface area contributed by atoms with Gasteiger partial charge >= 0.3 is 0 Å². The summed E-state index contributed by atoms with van der Waals surface area (Å²) in [4.78, 5) is 11.2. The monoisotopic (exact) mass is 414 g/mol. The molecule has 0 fully saturated rings. The zero-order chi connectivity index (χ0) is 19.6. The number of rotatable bonds is 10. The lowest BCUT2D eigenvalue weighted by atomic mass is 10.3. The molecule has 152 valence electrons. The van der Waals surface area contributed by atoms with Gasteiger partial charge in [-0.3, -0.25) is 4.79 Å². The van der Waals surface area contributed by atoms with Crippen molar-refractivity contribution in [1.82, 2.24) is 0 Å². The van der Waals surface area contributed by atoms with Crippen LogP contribution in [0.15, 0.2) is 79.1 Å². The van der Waals surface area contributed by atoms with Crippen LogP contribution >= 0.6 is 0 Å². The quantitative estimate of drug-likeness (QED) is 0.373. The average Bonchev–Trinajstić information content (AvgIpc) is 2.73. The van der Waals surface area contributed by atoms with Crippen molar-refractivity contribution in [2.45, 2.75) is 6.54 Å². The molecule has 29 heavy (non-hydrogen) atoms. The molecule has 0 radical (unpaired) electrons. The Hall–Kier alpha value is -3.09. The van der Waals surface area contributed by atoms with E-state index in [0.717, 1.165) is 17.2 Å².